The molecule has 0 bridgehead atoms. The lowest BCUT2D eigenvalue weighted by molar-refractivity contribution is -0.123. The summed E-state index contributed by atoms with van der Waals surface area (Å²) in [5.41, 5.74) is 6.03. The normalized spacial score (nSPS) is 14.5. The van der Waals surface area contributed by atoms with Gasteiger partial charge in [0.2, 0.25) is 11.8 Å². The number of fused-ring (bicyclic) bond motifs is 2. The summed E-state index contributed by atoms with van der Waals surface area (Å²) in [6, 6.07) is 12.9. The molecule has 0 unspecified atom stereocenters. The minimum absolute atomic E-state index is 0.0537. The van der Waals surface area contributed by atoms with Gasteiger partial charge in [-0.05, 0) is 39.8 Å². The van der Waals surface area contributed by atoms with Crippen molar-refractivity contribution in [2.24, 2.45) is 14.1 Å². The van der Waals surface area contributed by atoms with Gasteiger partial charge in [-0.1, -0.05) is 24.3 Å². The van der Waals surface area contributed by atoms with Gasteiger partial charge in [0, 0.05) is 100 Å². The molecule has 6 heterocycles. The van der Waals surface area contributed by atoms with Crippen molar-refractivity contribution in [3.63, 3.8) is 0 Å². The van der Waals surface area contributed by atoms with Crippen molar-refractivity contribution in [2.45, 2.75) is 39.8 Å². The fourth-order valence-corrected chi connectivity index (χ4v) is 6.94. The summed E-state index contributed by atoms with van der Waals surface area (Å²) in [4.78, 5) is 47.5. The molecule has 6 aromatic rings. The SMILES string of the molecule is CC(C)NC(=O)CCl.CC(C)NC(=O)CN1CCN(c2cncc(-c3ccc4cnn(C)c4c3)n2)CC1.Cn1ncc2ccc(-c3cncc(N4CCNCC4)n3)cc21. The maximum atomic E-state index is 12.0. The van der Waals surface area contributed by atoms with E-state index in [1.54, 1.807) is 6.20 Å². The number of aromatic nitrogens is 8. The monoisotopic (exact) mass is 822 g/mol. The summed E-state index contributed by atoms with van der Waals surface area (Å²) < 4.78 is 3.75. The minimum atomic E-state index is -0.110. The second kappa shape index (κ2) is 20.3. The first-order valence-electron chi connectivity index (χ1n) is 20.0. The average Bonchev–Trinajstić information content (AvgIpc) is 3.81. The van der Waals surface area contributed by atoms with Crippen molar-refractivity contribution >= 4 is 56.9 Å². The number of amides is 2. The van der Waals surface area contributed by atoms with Crippen LogP contribution in [0.5, 0.6) is 0 Å². The van der Waals surface area contributed by atoms with Gasteiger partial charge in [-0.2, -0.15) is 10.2 Å². The van der Waals surface area contributed by atoms with Crippen LogP contribution in [-0.2, 0) is 23.7 Å². The molecule has 2 fully saturated rings. The largest absolute Gasteiger partial charge is 0.353 e. The number of piperazine rings is 2. The number of alkyl halides is 1. The van der Waals surface area contributed by atoms with Crippen LogP contribution in [-0.4, -0.2) is 133 Å². The molecule has 8 rings (SSSR count). The van der Waals surface area contributed by atoms with Gasteiger partial charge in [0.25, 0.3) is 0 Å². The van der Waals surface area contributed by atoms with E-state index in [1.807, 2.05) is 82.1 Å². The van der Waals surface area contributed by atoms with Crippen LogP contribution in [0.15, 0.2) is 73.6 Å². The maximum Gasteiger partial charge on any atom is 0.235 e. The third-order valence-electron chi connectivity index (χ3n) is 9.86. The standard InChI is InChI=1S/C21H27N7O.C16H18N6.C5H10ClNO/c1-15(2)24-21(29)14-27-6-8-28(9-7-27)20-13-22-12-18(25-20)16-4-5-17-11-23-26(3)19(17)10-16;1-21-15-8-12(2-3-13(15)9-19-21)14-10-18-11-16(20-14)22-6-4-17-5-7-22;1-4(2)7-5(8)3-6/h4-5,10-13,15H,6-9,14H2,1-3H3,(H,24,29);2-3,8-11,17H,4-7H2,1H3;4H,3H2,1-2H3,(H,7,8). The number of hydrogen-bond acceptors (Lipinski definition) is 12. The smallest absolute Gasteiger partial charge is 0.235 e. The molecule has 59 heavy (non-hydrogen) atoms. The molecule has 0 aliphatic carbocycles. The molecule has 0 spiro atoms. The lowest BCUT2D eigenvalue weighted by Gasteiger charge is -2.35. The van der Waals surface area contributed by atoms with Crippen LogP contribution in [0.2, 0.25) is 0 Å². The van der Waals surface area contributed by atoms with Crippen molar-refractivity contribution < 1.29 is 9.59 Å². The number of rotatable bonds is 9. The molecule has 2 amide bonds. The molecular weight excluding hydrogens is 768 g/mol. The van der Waals surface area contributed by atoms with Crippen LogP contribution in [0.1, 0.15) is 27.7 Å². The Hall–Kier alpha value is -5.71. The highest BCUT2D eigenvalue weighted by Crippen LogP contribution is 2.26. The average molecular weight is 823 g/mol. The third kappa shape index (κ3) is 11.7. The molecule has 0 saturated carbocycles. The second-order valence-electron chi connectivity index (χ2n) is 15.2. The van der Waals surface area contributed by atoms with E-state index in [-0.39, 0.29) is 29.8 Å². The van der Waals surface area contributed by atoms with Crippen LogP contribution in [0, 0.1) is 0 Å². The van der Waals surface area contributed by atoms with E-state index in [1.165, 1.54) is 0 Å². The minimum Gasteiger partial charge on any atom is -0.353 e. The number of anilines is 2. The second-order valence-corrected chi connectivity index (χ2v) is 15.5. The van der Waals surface area contributed by atoms with Gasteiger partial charge < -0.3 is 25.8 Å². The summed E-state index contributed by atoms with van der Waals surface area (Å²) in [5.74, 6) is 1.85. The van der Waals surface area contributed by atoms with Crippen LogP contribution in [0.3, 0.4) is 0 Å². The summed E-state index contributed by atoms with van der Waals surface area (Å²) in [7, 11) is 3.89. The highest BCUT2D eigenvalue weighted by molar-refractivity contribution is 6.27. The third-order valence-corrected chi connectivity index (χ3v) is 10.1. The molecule has 312 valence electrons. The molecule has 2 aliphatic heterocycles. The quantitative estimate of drug-likeness (QED) is 0.181. The van der Waals surface area contributed by atoms with E-state index in [0.29, 0.717) is 6.54 Å². The van der Waals surface area contributed by atoms with Crippen molar-refractivity contribution in [3.05, 3.63) is 73.6 Å². The van der Waals surface area contributed by atoms with Crippen LogP contribution in [0.25, 0.3) is 44.3 Å². The Morgan fingerprint density at radius 2 is 1.14 bits per heavy atom. The van der Waals surface area contributed by atoms with Crippen molar-refractivity contribution in [1.82, 2.24) is 60.3 Å². The highest BCUT2D eigenvalue weighted by Gasteiger charge is 2.21. The predicted octanol–water partition coefficient (Wildman–Crippen LogP) is 3.87. The summed E-state index contributed by atoms with van der Waals surface area (Å²) in [5, 5.41) is 19.8. The maximum absolute atomic E-state index is 12.0. The molecule has 2 aliphatic rings. The molecule has 17 heteroatoms. The Morgan fingerprint density at radius 1 is 0.661 bits per heavy atom. The van der Waals surface area contributed by atoms with E-state index < -0.39 is 0 Å². The van der Waals surface area contributed by atoms with E-state index in [0.717, 1.165) is 108 Å². The summed E-state index contributed by atoms with van der Waals surface area (Å²) >= 11 is 5.18. The molecule has 2 aromatic carbocycles. The van der Waals surface area contributed by atoms with Gasteiger partial charge in [-0.15, -0.1) is 11.6 Å². The Kier molecular flexibility index (Phi) is 14.8. The Morgan fingerprint density at radius 3 is 1.59 bits per heavy atom. The van der Waals surface area contributed by atoms with E-state index in [9.17, 15) is 9.59 Å². The zero-order valence-electron chi connectivity index (χ0n) is 34.8. The van der Waals surface area contributed by atoms with Gasteiger partial charge in [0.15, 0.2) is 0 Å². The fourth-order valence-electron chi connectivity index (χ4n) is 6.86. The molecule has 2 saturated heterocycles. The summed E-state index contributed by atoms with van der Waals surface area (Å²) in [6.07, 6.45) is 11.0. The van der Waals surface area contributed by atoms with Crippen LogP contribution >= 0.6 is 11.6 Å². The summed E-state index contributed by atoms with van der Waals surface area (Å²) in [6.45, 7) is 15.4. The first kappa shape index (κ1) is 42.9. The van der Waals surface area contributed by atoms with E-state index >= 15 is 0 Å². The molecule has 0 atom stereocenters. The Labute approximate surface area is 350 Å². The predicted molar refractivity (Wildman–Crippen MR) is 234 cm³/mol. The van der Waals surface area contributed by atoms with Crippen molar-refractivity contribution in [3.8, 4) is 22.5 Å². The number of nitrogens with zero attached hydrogens (tertiary/aromatic N) is 11. The number of nitrogens with one attached hydrogen (secondary N) is 3. The number of benzene rings is 2. The van der Waals surface area contributed by atoms with E-state index in [2.05, 4.69) is 87.2 Å². The number of aryl methyl sites for hydroxylation is 2. The van der Waals surface area contributed by atoms with Gasteiger partial charge >= 0.3 is 0 Å². The molecule has 16 nitrogen and oxygen atoms in total. The highest BCUT2D eigenvalue weighted by atomic mass is 35.5. The Bertz CT molecular complexity index is 2310. The number of hydrogen-bond donors (Lipinski definition) is 3. The van der Waals surface area contributed by atoms with Crippen molar-refractivity contribution in [2.75, 3.05) is 74.6 Å². The molecule has 3 N–H and O–H groups in total. The molecule has 0 radical (unpaired) electrons. The number of carbonyl (C=O) groups excluding carboxylic acids is 2. The molecule has 4 aromatic heterocycles. The van der Waals surface area contributed by atoms with E-state index in [4.69, 9.17) is 21.6 Å². The lowest BCUT2D eigenvalue weighted by atomic mass is 10.1. The van der Waals surface area contributed by atoms with Gasteiger partial charge in [-0.25, -0.2) is 9.97 Å². The number of halogens is 1. The van der Waals surface area contributed by atoms with Crippen LogP contribution < -0.4 is 25.8 Å². The van der Waals surface area contributed by atoms with Crippen LogP contribution in [0.4, 0.5) is 11.6 Å². The zero-order valence-corrected chi connectivity index (χ0v) is 35.5. The zero-order chi connectivity index (χ0) is 41.9. The number of carbonyl (C=O) groups is 2. The van der Waals surface area contributed by atoms with Crippen molar-refractivity contribution in [1.29, 1.82) is 0 Å². The van der Waals surface area contributed by atoms with Gasteiger partial charge in [0.1, 0.15) is 17.5 Å². The van der Waals surface area contributed by atoms with Gasteiger partial charge in [0.05, 0.1) is 66.1 Å². The topological polar surface area (TPSA) is 167 Å². The first-order valence-corrected chi connectivity index (χ1v) is 20.6. The fraction of sp³-hybridized carbons (Fsp3) is 0.429. The van der Waals surface area contributed by atoms with Gasteiger partial charge in [-0.3, -0.25) is 33.8 Å². The first-order chi connectivity index (χ1) is 28.5. The Balaban J connectivity index is 0.000000172. The molecular formula is C42H55ClN14O2. The lowest BCUT2D eigenvalue weighted by Crippen LogP contribution is -2.50.